The molecule has 0 aromatic rings. The lowest BCUT2D eigenvalue weighted by Gasteiger charge is -2.38. The molecule has 1 fully saturated rings. The Hall–Kier alpha value is -3.61. The second kappa shape index (κ2) is 16.1. The Bertz CT molecular complexity index is 868. The van der Waals surface area contributed by atoms with Crippen LogP contribution in [0.1, 0.15) is 34.1 Å². The molecule has 0 aromatic carbocycles. The molecule has 0 aliphatic carbocycles. The zero-order valence-electron chi connectivity index (χ0n) is 21.1. The van der Waals surface area contributed by atoms with Gasteiger partial charge in [0.05, 0.1) is 38.6 Å². The molecule has 0 spiro atoms. The molecular formula is C23H35N3O10. The molecule has 3 N–H and O–H groups in total. The number of aliphatic hydroxyl groups is 1. The summed E-state index contributed by atoms with van der Waals surface area (Å²) in [6, 6.07) is 0. The number of oxime groups is 1. The van der Waals surface area contributed by atoms with E-state index in [-0.39, 0.29) is 63.6 Å². The first kappa shape index (κ1) is 30.4. The number of nitrogens with two attached hydrogens (primary N) is 1. The van der Waals surface area contributed by atoms with E-state index in [1.807, 2.05) is 0 Å². The van der Waals surface area contributed by atoms with Gasteiger partial charge < -0.3 is 39.5 Å². The van der Waals surface area contributed by atoms with Gasteiger partial charge in [0.1, 0.15) is 11.5 Å². The molecule has 2 atom stereocenters. The Kier molecular flexibility index (Phi) is 13.6. The highest BCUT2D eigenvalue weighted by Crippen LogP contribution is 2.26. The molecule has 1 heterocycles. The fourth-order valence-electron chi connectivity index (χ4n) is 3.32. The van der Waals surface area contributed by atoms with Crippen LogP contribution in [0.3, 0.4) is 0 Å². The van der Waals surface area contributed by atoms with Gasteiger partial charge in [0.15, 0.2) is 0 Å². The average molecular weight is 514 g/mol. The van der Waals surface area contributed by atoms with Crippen LogP contribution in [0.4, 0.5) is 0 Å². The lowest BCUT2D eigenvalue weighted by atomic mass is 9.88. The highest BCUT2D eigenvalue weighted by molar-refractivity contribution is 5.96. The van der Waals surface area contributed by atoms with Gasteiger partial charge in [-0.1, -0.05) is 5.16 Å². The topological polar surface area (TPSA) is 176 Å². The number of hydrogen-bond acceptors (Lipinski definition) is 12. The van der Waals surface area contributed by atoms with Crippen molar-refractivity contribution in [2.75, 3.05) is 46.1 Å². The molecule has 0 saturated carbocycles. The van der Waals surface area contributed by atoms with Crippen LogP contribution in [-0.2, 0) is 43.0 Å². The number of aliphatic hydroxyl groups excluding tert-OH is 1. The average Bonchev–Trinajstić information content (AvgIpc) is 2.85. The molecule has 13 heteroatoms. The van der Waals surface area contributed by atoms with Gasteiger partial charge in [0, 0.05) is 31.5 Å². The van der Waals surface area contributed by atoms with Crippen molar-refractivity contribution in [3.63, 3.8) is 0 Å². The van der Waals surface area contributed by atoms with E-state index in [0.717, 1.165) is 12.2 Å². The van der Waals surface area contributed by atoms with Crippen LogP contribution >= 0.6 is 0 Å². The van der Waals surface area contributed by atoms with E-state index in [1.165, 1.54) is 0 Å². The van der Waals surface area contributed by atoms with Gasteiger partial charge in [-0.05, 0) is 34.1 Å². The Labute approximate surface area is 209 Å². The van der Waals surface area contributed by atoms with Crippen LogP contribution < -0.4 is 5.73 Å². The first-order valence-corrected chi connectivity index (χ1v) is 11.7. The second-order valence-corrected chi connectivity index (χ2v) is 7.48. The SMILES string of the molecule is CCOC(=O)C=C(ON=C(N)[C@H]1C[C@@H](CO)CN(C(=CC(=O)OCC)C(=O)OCC)C1)C(=O)OCC. The quantitative estimate of drug-likeness (QED) is 0.0653. The zero-order valence-corrected chi connectivity index (χ0v) is 21.1. The number of rotatable bonds is 13. The number of esters is 4. The first-order valence-electron chi connectivity index (χ1n) is 11.7. The molecule has 0 aromatic heterocycles. The second-order valence-electron chi connectivity index (χ2n) is 7.48. The zero-order chi connectivity index (χ0) is 27.1. The van der Waals surface area contributed by atoms with Crippen molar-refractivity contribution in [3.05, 3.63) is 23.6 Å². The molecule has 0 amide bonds. The predicted octanol–water partition coefficient (Wildman–Crippen LogP) is 0.226. The number of hydrogen-bond donors (Lipinski definition) is 2. The summed E-state index contributed by atoms with van der Waals surface area (Å²) in [5, 5.41) is 13.6. The van der Waals surface area contributed by atoms with Gasteiger partial charge in [-0.25, -0.2) is 19.2 Å². The van der Waals surface area contributed by atoms with Gasteiger partial charge in [-0.15, -0.1) is 0 Å². The maximum Gasteiger partial charge on any atom is 0.377 e. The molecule has 1 rings (SSSR count). The maximum absolute atomic E-state index is 12.6. The number of carbonyl (C=O) groups is 4. The third-order valence-corrected chi connectivity index (χ3v) is 4.84. The standard InChI is InChI=1S/C23H35N3O10/c1-5-32-19(28)10-17(22(30)34-7-3)26-12-15(14-27)9-16(13-26)21(24)25-36-18(23(31)35-8-4)11-20(29)33-6-2/h10-11,15-16,27H,5-9,12-14H2,1-4H3,(H2,24,25)/t15-,16+/m1/s1. The monoisotopic (exact) mass is 513 g/mol. The molecule has 0 unspecified atom stereocenters. The number of nitrogens with zero attached hydrogens (tertiary/aromatic N) is 2. The van der Waals surface area contributed by atoms with Crippen molar-refractivity contribution in [2.45, 2.75) is 34.1 Å². The number of likely N-dealkylation sites (tertiary alicyclic amines) is 1. The van der Waals surface area contributed by atoms with Crippen LogP contribution in [0.25, 0.3) is 0 Å². The van der Waals surface area contributed by atoms with E-state index in [1.54, 1.807) is 32.6 Å². The van der Waals surface area contributed by atoms with Crippen LogP contribution in [0.15, 0.2) is 28.8 Å². The first-order chi connectivity index (χ1) is 17.2. The van der Waals surface area contributed by atoms with E-state index < -0.39 is 35.6 Å². The summed E-state index contributed by atoms with van der Waals surface area (Å²) in [5.41, 5.74) is 6.06. The van der Waals surface area contributed by atoms with Gasteiger partial charge >= 0.3 is 23.9 Å². The Morgan fingerprint density at radius 3 is 2.00 bits per heavy atom. The summed E-state index contributed by atoms with van der Waals surface area (Å²) in [7, 11) is 0. The smallest absolute Gasteiger partial charge is 0.377 e. The van der Waals surface area contributed by atoms with Crippen molar-refractivity contribution in [2.24, 2.45) is 22.7 Å². The molecule has 1 aliphatic rings. The largest absolute Gasteiger partial charge is 0.463 e. The number of ether oxygens (including phenoxy) is 4. The molecule has 1 saturated heterocycles. The summed E-state index contributed by atoms with van der Waals surface area (Å²) in [6.07, 6.45) is 2.20. The van der Waals surface area contributed by atoms with E-state index >= 15 is 0 Å². The van der Waals surface area contributed by atoms with Crippen LogP contribution in [0.2, 0.25) is 0 Å². The van der Waals surface area contributed by atoms with Crippen LogP contribution in [0.5, 0.6) is 0 Å². The molecule has 13 nitrogen and oxygen atoms in total. The van der Waals surface area contributed by atoms with Crippen molar-refractivity contribution in [1.29, 1.82) is 0 Å². The van der Waals surface area contributed by atoms with Crippen molar-refractivity contribution in [3.8, 4) is 0 Å². The third kappa shape index (κ3) is 9.94. The summed E-state index contributed by atoms with van der Waals surface area (Å²) >= 11 is 0. The molecule has 0 radical (unpaired) electrons. The lowest BCUT2D eigenvalue weighted by molar-refractivity contribution is -0.144. The van der Waals surface area contributed by atoms with Crippen LogP contribution in [0, 0.1) is 11.8 Å². The Balaban J connectivity index is 3.21. The summed E-state index contributed by atoms with van der Waals surface area (Å²) < 4.78 is 19.6. The van der Waals surface area contributed by atoms with Gasteiger partial charge in [-0.3, -0.25) is 0 Å². The molecule has 36 heavy (non-hydrogen) atoms. The minimum atomic E-state index is -0.942. The van der Waals surface area contributed by atoms with Crippen molar-refractivity contribution >= 4 is 29.7 Å². The van der Waals surface area contributed by atoms with E-state index in [2.05, 4.69) is 5.16 Å². The van der Waals surface area contributed by atoms with E-state index in [4.69, 9.17) is 29.5 Å². The Morgan fingerprint density at radius 2 is 1.44 bits per heavy atom. The van der Waals surface area contributed by atoms with E-state index in [9.17, 15) is 24.3 Å². The van der Waals surface area contributed by atoms with Crippen molar-refractivity contribution < 1.29 is 48.1 Å². The van der Waals surface area contributed by atoms with Gasteiger partial charge in [-0.2, -0.15) is 0 Å². The minimum absolute atomic E-state index is 0.0285. The third-order valence-electron chi connectivity index (χ3n) is 4.84. The normalized spacial score (nSPS) is 18.8. The fraction of sp³-hybridized carbons (Fsp3) is 0.609. The molecule has 0 bridgehead atoms. The predicted molar refractivity (Wildman–Crippen MR) is 126 cm³/mol. The number of carbonyl (C=O) groups excluding carboxylic acids is 4. The van der Waals surface area contributed by atoms with Gasteiger partial charge in [0.2, 0.25) is 5.76 Å². The summed E-state index contributed by atoms with van der Waals surface area (Å²) in [4.78, 5) is 55.2. The summed E-state index contributed by atoms with van der Waals surface area (Å²) in [5.74, 6) is -4.73. The number of amidine groups is 1. The fourth-order valence-corrected chi connectivity index (χ4v) is 3.32. The van der Waals surface area contributed by atoms with Gasteiger partial charge in [0.25, 0.3) is 0 Å². The lowest BCUT2D eigenvalue weighted by Crippen LogP contribution is -2.47. The van der Waals surface area contributed by atoms with Crippen molar-refractivity contribution in [1.82, 2.24) is 4.90 Å². The van der Waals surface area contributed by atoms with Crippen LogP contribution in [-0.4, -0.2) is 85.8 Å². The Morgan fingerprint density at radius 1 is 0.889 bits per heavy atom. The molecular weight excluding hydrogens is 478 g/mol. The van der Waals surface area contributed by atoms with E-state index in [0.29, 0.717) is 6.42 Å². The number of piperidine rings is 1. The maximum atomic E-state index is 12.6. The minimum Gasteiger partial charge on any atom is -0.463 e. The highest BCUT2D eigenvalue weighted by Gasteiger charge is 2.33. The molecule has 202 valence electrons. The molecule has 1 aliphatic heterocycles. The highest BCUT2D eigenvalue weighted by atomic mass is 16.7. The summed E-state index contributed by atoms with van der Waals surface area (Å²) in [6.45, 7) is 6.88.